The lowest BCUT2D eigenvalue weighted by Crippen LogP contribution is -2.43. The van der Waals surface area contributed by atoms with Gasteiger partial charge >= 0.3 is 0 Å². The van der Waals surface area contributed by atoms with Crippen LogP contribution in [0.15, 0.2) is 24.3 Å². The third kappa shape index (κ3) is 2.73. The average Bonchev–Trinajstić information content (AvgIpc) is 2.32. The molecule has 1 aliphatic carbocycles. The van der Waals surface area contributed by atoms with Gasteiger partial charge in [-0.3, -0.25) is 0 Å². The van der Waals surface area contributed by atoms with Crippen LogP contribution in [0.5, 0.6) is 0 Å². The Labute approximate surface area is 108 Å². The summed E-state index contributed by atoms with van der Waals surface area (Å²) in [7, 11) is 4.03. The third-order valence-corrected chi connectivity index (χ3v) is 3.95. The Morgan fingerprint density at radius 1 is 1.39 bits per heavy atom. The highest BCUT2D eigenvalue weighted by molar-refractivity contribution is 5.25. The average molecular weight is 250 g/mol. The van der Waals surface area contributed by atoms with Crippen LogP contribution in [0.3, 0.4) is 0 Å². The molecular formula is C15H22FNO. The largest absolute Gasteiger partial charge is 0.385 e. The quantitative estimate of drug-likeness (QED) is 0.891. The van der Waals surface area contributed by atoms with Gasteiger partial charge in [0.15, 0.2) is 0 Å². The predicted octanol–water partition coefficient (Wildman–Crippen LogP) is 2.77. The second-order valence-corrected chi connectivity index (χ2v) is 5.64. The summed E-state index contributed by atoms with van der Waals surface area (Å²) in [6.07, 6.45) is 3.90. The van der Waals surface area contributed by atoms with Crippen molar-refractivity contribution in [1.29, 1.82) is 0 Å². The van der Waals surface area contributed by atoms with Gasteiger partial charge in [-0.05, 0) is 44.6 Å². The number of hydrogen-bond donors (Lipinski definition) is 1. The first-order valence-corrected chi connectivity index (χ1v) is 6.65. The van der Waals surface area contributed by atoms with Crippen molar-refractivity contribution in [3.63, 3.8) is 0 Å². The van der Waals surface area contributed by atoms with Crippen LogP contribution in [-0.2, 0) is 5.60 Å². The van der Waals surface area contributed by atoms with E-state index >= 15 is 0 Å². The van der Waals surface area contributed by atoms with Crippen molar-refractivity contribution in [2.45, 2.75) is 31.3 Å². The highest BCUT2D eigenvalue weighted by Gasteiger charge is 2.40. The van der Waals surface area contributed by atoms with Crippen LogP contribution in [-0.4, -0.2) is 30.6 Å². The topological polar surface area (TPSA) is 23.5 Å². The molecule has 2 atom stereocenters. The van der Waals surface area contributed by atoms with Crippen LogP contribution < -0.4 is 0 Å². The standard InChI is InChI=1S/C15H22FNO/c1-17(2)11-13-6-3-4-9-15(13,18)12-7-5-8-14(16)10-12/h5,7-8,10,13,18H,3-4,6,9,11H2,1-2H3/t13-,15+/m1/s1/i16-1. The molecule has 1 N–H and O–H groups in total. The Morgan fingerprint density at radius 3 is 2.83 bits per heavy atom. The fourth-order valence-corrected chi connectivity index (χ4v) is 3.05. The zero-order chi connectivity index (χ0) is 13.2. The van der Waals surface area contributed by atoms with Crippen LogP contribution in [0.4, 0.5) is 4.39 Å². The molecule has 18 heavy (non-hydrogen) atoms. The summed E-state index contributed by atoms with van der Waals surface area (Å²) in [5.74, 6) is -0.0850. The van der Waals surface area contributed by atoms with Crippen LogP contribution in [0.1, 0.15) is 31.2 Å². The number of benzene rings is 1. The molecule has 0 unspecified atom stereocenters. The Hall–Kier alpha value is -0.930. The van der Waals surface area contributed by atoms with Gasteiger partial charge in [-0.25, -0.2) is 4.39 Å². The molecule has 0 saturated heterocycles. The zero-order valence-corrected chi connectivity index (χ0v) is 11.2. The van der Waals surface area contributed by atoms with Crippen molar-refractivity contribution in [3.8, 4) is 0 Å². The van der Waals surface area contributed by atoms with E-state index in [1.807, 2.05) is 20.2 Å². The van der Waals surface area contributed by atoms with Crippen molar-refractivity contribution in [2.75, 3.05) is 20.6 Å². The monoisotopic (exact) mass is 250 g/mol. The van der Waals surface area contributed by atoms with E-state index in [9.17, 15) is 9.50 Å². The lowest BCUT2D eigenvalue weighted by Gasteiger charge is -2.41. The molecule has 100 valence electrons. The zero-order valence-electron chi connectivity index (χ0n) is 11.2. The fourth-order valence-electron chi connectivity index (χ4n) is 3.05. The summed E-state index contributed by atoms with van der Waals surface area (Å²) in [4.78, 5) is 2.10. The Balaban J connectivity index is 2.29. The van der Waals surface area contributed by atoms with Gasteiger partial charge in [0, 0.05) is 12.5 Å². The van der Waals surface area contributed by atoms with Crippen molar-refractivity contribution in [3.05, 3.63) is 35.6 Å². The fraction of sp³-hybridized carbons (Fsp3) is 0.600. The minimum absolute atomic E-state index is 0.183. The van der Waals surface area contributed by atoms with E-state index < -0.39 is 5.60 Å². The van der Waals surface area contributed by atoms with Gasteiger partial charge in [-0.1, -0.05) is 25.0 Å². The lowest BCUT2D eigenvalue weighted by molar-refractivity contribution is -0.0620. The molecule has 0 aliphatic heterocycles. The summed E-state index contributed by atoms with van der Waals surface area (Å²) in [6.45, 7) is 0.840. The summed E-state index contributed by atoms with van der Waals surface area (Å²) in [5.41, 5.74) is -0.140. The van der Waals surface area contributed by atoms with E-state index in [2.05, 4.69) is 4.90 Å². The first kappa shape index (κ1) is 13.5. The SMILES string of the molecule is CN(C)C[C@H]1CCCC[C@]1(O)c1cccc([18F])c1. The van der Waals surface area contributed by atoms with Gasteiger partial charge in [0.2, 0.25) is 0 Å². The number of hydrogen-bond acceptors (Lipinski definition) is 2. The summed E-state index contributed by atoms with van der Waals surface area (Å²) in [5, 5.41) is 11.0. The molecule has 2 nitrogen and oxygen atoms in total. The van der Waals surface area contributed by atoms with Gasteiger partial charge < -0.3 is 10.0 Å². The first-order valence-electron chi connectivity index (χ1n) is 6.65. The van der Waals surface area contributed by atoms with E-state index in [1.165, 1.54) is 12.1 Å². The molecule has 0 radical (unpaired) electrons. The second-order valence-electron chi connectivity index (χ2n) is 5.64. The van der Waals surface area contributed by atoms with Gasteiger partial charge in [-0.15, -0.1) is 0 Å². The number of rotatable bonds is 3. The van der Waals surface area contributed by atoms with Crippen molar-refractivity contribution < 1.29 is 9.50 Å². The first-order chi connectivity index (χ1) is 8.52. The van der Waals surface area contributed by atoms with Crippen molar-refractivity contribution in [2.24, 2.45) is 5.92 Å². The Morgan fingerprint density at radius 2 is 2.17 bits per heavy atom. The molecule has 2 rings (SSSR count). The molecule has 3 heteroatoms. The maximum Gasteiger partial charge on any atom is 0.123 e. The predicted molar refractivity (Wildman–Crippen MR) is 70.8 cm³/mol. The van der Waals surface area contributed by atoms with Crippen LogP contribution in [0.2, 0.25) is 0 Å². The van der Waals surface area contributed by atoms with E-state index in [0.717, 1.165) is 37.8 Å². The van der Waals surface area contributed by atoms with E-state index in [1.54, 1.807) is 6.07 Å². The molecule has 1 saturated carbocycles. The molecule has 0 bridgehead atoms. The van der Waals surface area contributed by atoms with E-state index in [0.29, 0.717) is 0 Å². The van der Waals surface area contributed by atoms with Gasteiger partial charge in [0.1, 0.15) is 5.82 Å². The molecule has 0 spiro atoms. The van der Waals surface area contributed by atoms with Gasteiger partial charge in [0.25, 0.3) is 0 Å². The van der Waals surface area contributed by atoms with Gasteiger partial charge in [0.05, 0.1) is 5.60 Å². The maximum atomic E-state index is 13.4. The van der Waals surface area contributed by atoms with Gasteiger partial charge in [-0.2, -0.15) is 0 Å². The molecule has 0 aromatic heterocycles. The normalized spacial score (nSPS) is 28.6. The second kappa shape index (κ2) is 5.37. The van der Waals surface area contributed by atoms with E-state index in [4.69, 9.17) is 0 Å². The van der Waals surface area contributed by atoms with Crippen molar-refractivity contribution >= 4 is 0 Å². The highest BCUT2D eigenvalue weighted by Crippen LogP contribution is 2.42. The minimum atomic E-state index is -0.870. The Bertz CT molecular complexity index is 407. The van der Waals surface area contributed by atoms with Crippen LogP contribution >= 0.6 is 0 Å². The van der Waals surface area contributed by atoms with E-state index in [-0.39, 0.29) is 11.7 Å². The third-order valence-electron chi connectivity index (χ3n) is 3.95. The summed E-state index contributed by atoms with van der Waals surface area (Å²) in [6, 6.07) is 6.44. The number of aliphatic hydroxyl groups is 1. The number of halogens is 1. The summed E-state index contributed by atoms with van der Waals surface area (Å²) >= 11 is 0. The molecule has 0 heterocycles. The lowest BCUT2D eigenvalue weighted by atomic mass is 9.71. The summed E-state index contributed by atoms with van der Waals surface area (Å²) < 4.78 is 13.4. The maximum absolute atomic E-state index is 13.4. The van der Waals surface area contributed by atoms with Crippen LogP contribution in [0, 0.1) is 11.7 Å². The smallest absolute Gasteiger partial charge is 0.123 e. The van der Waals surface area contributed by atoms with Crippen molar-refractivity contribution in [1.82, 2.24) is 4.90 Å². The molecular weight excluding hydrogens is 228 g/mol. The van der Waals surface area contributed by atoms with Crippen LogP contribution in [0.25, 0.3) is 0 Å². The molecule has 0 amide bonds. The highest BCUT2D eigenvalue weighted by atomic mass is 18.2. The minimum Gasteiger partial charge on any atom is -0.385 e. The Kier molecular flexibility index (Phi) is 4.03. The molecule has 1 aromatic rings. The number of nitrogens with zero attached hydrogens (tertiary/aromatic N) is 1. The molecule has 1 aliphatic rings. The molecule has 1 fully saturated rings. The molecule has 1 aromatic carbocycles.